The molecule has 0 aliphatic carbocycles. The molecule has 0 bridgehead atoms. The van der Waals surface area contributed by atoms with Gasteiger partial charge in [0.2, 0.25) is 5.91 Å². The van der Waals surface area contributed by atoms with Crippen molar-refractivity contribution in [3.8, 4) is 0 Å². The van der Waals surface area contributed by atoms with Gasteiger partial charge in [0.25, 0.3) is 0 Å². The Balaban J connectivity index is 1.54. The molecule has 0 saturated carbocycles. The molecule has 2 aliphatic rings. The highest BCUT2D eigenvalue weighted by Gasteiger charge is 2.35. The van der Waals surface area contributed by atoms with E-state index in [0.29, 0.717) is 32.7 Å². The first kappa shape index (κ1) is 23.4. The molecule has 4 rings (SSSR count). The summed E-state index contributed by atoms with van der Waals surface area (Å²) in [6.45, 7) is 8.04. The molecule has 2 aromatic rings. The van der Waals surface area contributed by atoms with Crippen molar-refractivity contribution >= 4 is 38.4 Å². The molecule has 8 nitrogen and oxygen atoms in total. The Morgan fingerprint density at radius 3 is 2.72 bits per heavy atom. The van der Waals surface area contributed by atoms with Crippen molar-refractivity contribution in [1.29, 1.82) is 0 Å². The zero-order valence-electron chi connectivity index (χ0n) is 18.6. The van der Waals surface area contributed by atoms with E-state index in [1.54, 1.807) is 4.90 Å². The maximum Gasteiger partial charge on any atom is 0.236 e. The van der Waals surface area contributed by atoms with E-state index < -0.39 is 9.84 Å². The van der Waals surface area contributed by atoms with Gasteiger partial charge in [-0.3, -0.25) is 9.69 Å². The van der Waals surface area contributed by atoms with Gasteiger partial charge < -0.3 is 9.64 Å². The summed E-state index contributed by atoms with van der Waals surface area (Å²) < 4.78 is 29.3. The predicted molar refractivity (Wildman–Crippen MR) is 125 cm³/mol. The van der Waals surface area contributed by atoms with Crippen molar-refractivity contribution in [1.82, 2.24) is 19.8 Å². The maximum atomic E-state index is 13.3. The first-order valence-electron chi connectivity index (χ1n) is 11.1. The van der Waals surface area contributed by atoms with Gasteiger partial charge in [0, 0.05) is 31.1 Å². The monoisotopic (exact) mass is 478 g/mol. The molecule has 1 aromatic carbocycles. The number of fused-ring (bicyclic) bond motifs is 1. The minimum atomic E-state index is -3.05. The van der Waals surface area contributed by atoms with Gasteiger partial charge in [0.05, 0.1) is 42.0 Å². The standard InChI is InChI=1S/C22H30N4O4S2/c1-3-26(17-8-13-32(28,29)15-17)22(27)16(2)31-21-18-6-4-5-7-19(18)23-20(24-21)14-25-9-11-30-12-10-25/h4-7,16-17H,3,8-15H2,1-2H3. The van der Waals surface area contributed by atoms with Gasteiger partial charge in [0.15, 0.2) is 9.84 Å². The largest absolute Gasteiger partial charge is 0.379 e. The quantitative estimate of drug-likeness (QED) is 0.441. The lowest BCUT2D eigenvalue weighted by Crippen LogP contribution is -2.44. The van der Waals surface area contributed by atoms with Crippen LogP contribution in [0.3, 0.4) is 0 Å². The number of morpholine rings is 1. The molecular formula is C22H30N4O4S2. The van der Waals surface area contributed by atoms with Crippen LogP contribution in [0.1, 0.15) is 26.1 Å². The Morgan fingerprint density at radius 2 is 2.03 bits per heavy atom. The van der Waals surface area contributed by atoms with Gasteiger partial charge in [-0.05, 0) is 26.3 Å². The molecule has 0 spiro atoms. The summed E-state index contributed by atoms with van der Waals surface area (Å²) >= 11 is 1.42. The summed E-state index contributed by atoms with van der Waals surface area (Å²) in [5, 5.41) is 1.33. The number of aromatic nitrogens is 2. The number of para-hydroxylation sites is 1. The van der Waals surface area contributed by atoms with Crippen LogP contribution in [0.5, 0.6) is 0 Å². The number of ether oxygens (including phenoxy) is 1. The highest BCUT2D eigenvalue weighted by Crippen LogP contribution is 2.31. The van der Waals surface area contributed by atoms with Crippen LogP contribution in [0.15, 0.2) is 29.3 Å². The number of rotatable bonds is 7. The number of hydrogen-bond acceptors (Lipinski definition) is 8. The third-order valence-electron chi connectivity index (χ3n) is 5.99. The lowest BCUT2D eigenvalue weighted by Gasteiger charge is -2.29. The van der Waals surface area contributed by atoms with Crippen molar-refractivity contribution in [2.24, 2.45) is 0 Å². The van der Waals surface area contributed by atoms with Gasteiger partial charge >= 0.3 is 0 Å². The summed E-state index contributed by atoms with van der Waals surface area (Å²) in [4.78, 5) is 26.8. The van der Waals surface area contributed by atoms with Crippen molar-refractivity contribution < 1.29 is 17.9 Å². The molecule has 32 heavy (non-hydrogen) atoms. The van der Waals surface area contributed by atoms with Crippen molar-refractivity contribution in [2.45, 2.75) is 43.1 Å². The lowest BCUT2D eigenvalue weighted by molar-refractivity contribution is -0.131. The Kier molecular flexibility index (Phi) is 7.34. The molecule has 1 aromatic heterocycles. The molecule has 2 unspecified atom stereocenters. The van der Waals surface area contributed by atoms with Gasteiger partial charge in [-0.25, -0.2) is 18.4 Å². The summed E-state index contributed by atoms with van der Waals surface area (Å²) in [6.07, 6.45) is 0.513. The van der Waals surface area contributed by atoms with Gasteiger partial charge in [-0.1, -0.05) is 30.0 Å². The Bertz CT molecular complexity index is 1070. The SMILES string of the molecule is CCN(C(=O)C(C)Sc1nc(CN2CCOCC2)nc2ccccc12)C1CCS(=O)(=O)C1. The molecule has 2 atom stereocenters. The number of sulfone groups is 1. The zero-order valence-corrected chi connectivity index (χ0v) is 20.2. The fourth-order valence-corrected chi connectivity index (χ4v) is 7.04. The molecule has 0 radical (unpaired) electrons. The average Bonchev–Trinajstić information content (AvgIpc) is 3.14. The second-order valence-corrected chi connectivity index (χ2v) is 11.9. The van der Waals surface area contributed by atoms with Gasteiger partial charge in [-0.15, -0.1) is 0 Å². The van der Waals surface area contributed by atoms with Crippen molar-refractivity contribution in [3.63, 3.8) is 0 Å². The molecule has 2 fully saturated rings. The Morgan fingerprint density at radius 1 is 1.28 bits per heavy atom. The molecule has 1 amide bonds. The van der Waals surface area contributed by atoms with E-state index in [9.17, 15) is 13.2 Å². The van der Waals surface area contributed by atoms with E-state index in [2.05, 4.69) is 4.90 Å². The number of carbonyl (C=O) groups excluding carboxylic acids is 1. The van der Waals surface area contributed by atoms with Crippen LogP contribution in [0.4, 0.5) is 0 Å². The molecule has 174 valence electrons. The van der Waals surface area contributed by atoms with Crippen LogP contribution in [-0.4, -0.2) is 89.7 Å². The minimum Gasteiger partial charge on any atom is -0.379 e. The van der Waals surface area contributed by atoms with Crippen LogP contribution in [0.2, 0.25) is 0 Å². The van der Waals surface area contributed by atoms with E-state index in [-0.39, 0.29) is 28.7 Å². The second-order valence-electron chi connectivity index (χ2n) is 8.29. The summed E-state index contributed by atoms with van der Waals surface area (Å²) in [7, 11) is -3.05. The lowest BCUT2D eigenvalue weighted by atomic mass is 10.2. The molecule has 2 aliphatic heterocycles. The number of carbonyl (C=O) groups is 1. The van der Waals surface area contributed by atoms with Crippen LogP contribution in [-0.2, 0) is 25.9 Å². The summed E-state index contributed by atoms with van der Waals surface area (Å²) in [6, 6.07) is 7.62. The van der Waals surface area contributed by atoms with E-state index in [1.807, 2.05) is 38.1 Å². The van der Waals surface area contributed by atoms with E-state index >= 15 is 0 Å². The smallest absolute Gasteiger partial charge is 0.236 e. The van der Waals surface area contributed by atoms with Crippen molar-refractivity contribution in [3.05, 3.63) is 30.1 Å². The summed E-state index contributed by atoms with van der Waals surface area (Å²) in [5.41, 5.74) is 0.863. The topological polar surface area (TPSA) is 92.7 Å². The fourth-order valence-electron chi connectivity index (χ4n) is 4.28. The Hall–Kier alpha value is -1.75. The van der Waals surface area contributed by atoms with Crippen molar-refractivity contribution in [2.75, 3.05) is 44.4 Å². The number of nitrogens with zero attached hydrogens (tertiary/aromatic N) is 4. The van der Waals surface area contributed by atoms with E-state index in [0.717, 1.165) is 34.8 Å². The summed E-state index contributed by atoms with van der Waals surface area (Å²) in [5.74, 6) is 0.910. The first-order chi connectivity index (χ1) is 15.4. The van der Waals surface area contributed by atoms with Crippen LogP contribution >= 0.6 is 11.8 Å². The second kappa shape index (κ2) is 10.0. The van der Waals surface area contributed by atoms with Crippen LogP contribution in [0, 0.1) is 0 Å². The number of amides is 1. The molecule has 2 saturated heterocycles. The molecule has 3 heterocycles. The molecule has 10 heteroatoms. The molecular weight excluding hydrogens is 448 g/mol. The van der Waals surface area contributed by atoms with E-state index in [4.69, 9.17) is 14.7 Å². The minimum absolute atomic E-state index is 0.0444. The van der Waals surface area contributed by atoms with Gasteiger partial charge in [0.1, 0.15) is 10.9 Å². The number of thioether (sulfide) groups is 1. The highest BCUT2D eigenvalue weighted by atomic mass is 32.2. The van der Waals surface area contributed by atoms with E-state index in [1.165, 1.54) is 11.8 Å². The van der Waals surface area contributed by atoms with Crippen LogP contribution < -0.4 is 0 Å². The zero-order chi connectivity index (χ0) is 22.7. The average molecular weight is 479 g/mol. The third-order valence-corrected chi connectivity index (χ3v) is 8.83. The van der Waals surface area contributed by atoms with Crippen LogP contribution in [0.25, 0.3) is 10.9 Å². The maximum absolute atomic E-state index is 13.3. The number of benzene rings is 1. The fraction of sp³-hybridized carbons (Fsp3) is 0.591. The predicted octanol–water partition coefficient (Wildman–Crippen LogP) is 1.98. The highest BCUT2D eigenvalue weighted by molar-refractivity contribution is 8.00. The molecule has 0 N–H and O–H groups in total. The Labute approximate surface area is 193 Å². The van der Waals surface area contributed by atoms with Gasteiger partial charge in [-0.2, -0.15) is 0 Å². The first-order valence-corrected chi connectivity index (χ1v) is 13.8. The number of hydrogen-bond donors (Lipinski definition) is 0. The normalized spacial score (nSPS) is 22.1. The third kappa shape index (κ3) is 5.41.